The fraction of sp³-hybridized carbons (Fsp3) is 0.172. The third-order valence-electron chi connectivity index (χ3n) is 5.83. The van der Waals surface area contributed by atoms with Crippen LogP contribution in [0.3, 0.4) is 0 Å². The second kappa shape index (κ2) is 11.3. The predicted octanol–water partition coefficient (Wildman–Crippen LogP) is 5.87. The number of hydrogen-bond acceptors (Lipinski definition) is 5. The summed E-state index contributed by atoms with van der Waals surface area (Å²) in [5.41, 5.74) is 4.83. The van der Waals surface area contributed by atoms with Crippen LogP contribution in [0.4, 0.5) is 16.2 Å². The van der Waals surface area contributed by atoms with Crippen molar-refractivity contribution in [1.82, 2.24) is 9.97 Å². The van der Waals surface area contributed by atoms with Crippen molar-refractivity contribution in [2.24, 2.45) is 0 Å². The van der Waals surface area contributed by atoms with Crippen LogP contribution < -0.4 is 16.2 Å². The first-order valence-corrected chi connectivity index (χ1v) is 11.9. The topological polar surface area (TPSA) is 113 Å². The number of ether oxygens (including phenoxy) is 1. The molecule has 4 aromatic rings. The molecule has 8 heteroatoms. The van der Waals surface area contributed by atoms with Crippen LogP contribution in [0.15, 0.2) is 83.9 Å². The van der Waals surface area contributed by atoms with Crippen LogP contribution in [-0.4, -0.2) is 22.0 Å². The van der Waals surface area contributed by atoms with E-state index in [9.17, 15) is 14.4 Å². The van der Waals surface area contributed by atoms with Crippen molar-refractivity contribution in [2.75, 3.05) is 10.6 Å². The first-order chi connectivity index (χ1) is 17.8. The Hall–Kier alpha value is -4.72. The quantitative estimate of drug-likeness (QED) is 0.296. The number of pyridine rings is 2. The molecule has 0 bridgehead atoms. The van der Waals surface area contributed by atoms with Gasteiger partial charge in [0.1, 0.15) is 18.0 Å². The van der Waals surface area contributed by atoms with Gasteiger partial charge in [-0.3, -0.25) is 19.9 Å². The molecule has 0 radical (unpaired) electrons. The molecule has 0 saturated carbocycles. The fourth-order valence-electron chi connectivity index (χ4n) is 3.94. The second-order valence-corrected chi connectivity index (χ2v) is 8.93. The Labute approximate surface area is 214 Å². The highest BCUT2D eigenvalue weighted by Crippen LogP contribution is 2.24. The third kappa shape index (κ3) is 6.49. The molecule has 3 N–H and O–H groups in total. The van der Waals surface area contributed by atoms with Gasteiger partial charge in [-0.2, -0.15) is 0 Å². The van der Waals surface area contributed by atoms with Gasteiger partial charge in [-0.05, 0) is 65.4 Å². The maximum Gasteiger partial charge on any atom is 0.412 e. The van der Waals surface area contributed by atoms with Gasteiger partial charge in [0.25, 0.3) is 11.5 Å². The first kappa shape index (κ1) is 25.4. The molecular weight excluding hydrogens is 468 g/mol. The van der Waals surface area contributed by atoms with E-state index in [0.717, 1.165) is 11.1 Å². The first-order valence-electron chi connectivity index (χ1n) is 11.9. The lowest BCUT2D eigenvalue weighted by Gasteiger charge is -2.12. The summed E-state index contributed by atoms with van der Waals surface area (Å²) in [4.78, 5) is 44.2. The molecule has 2 aromatic carbocycles. The van der Waals surface area contributed by atoms with Crippen molar-refractivity contribution in [3.8, 4) is 11.1 Å². The summed E-state index contributed by atoms with van der Waals surface area (Å²) in [5.74, 6) is 0.0383. The van der Waals surface area contributed by atoms with Gasteiger partial charge < -0.3 is 15.0 Å². The zero-order valence-corrected chi connectivity index (χ0v) is 20.9. The predicted molar refractivity (Wildman–Crippen MR) is 144 cm³/mol. The molecule has 0 spiro atoms. The molecule has 2 amide bonds. The summed E-state index contributed by atoms with van der Waals surface area (Å²) in [6.07, 6.45) is 2.28. The number of amides is 2. The second-order valence-electron chi connectivity index (χ2n) is 8.93. The SMILES string of the molecule is Cc1cc(NC(=O)c2cc(-c3c[nH]c(=O)c(NC(=O)OCc4ccccc4)c3)ccn2)ccc1C(C)C. The molecule has 0 unspecified atom stereocenters. The van der Waals surface area contributed by atoms with E-state index in [2.05, 4.69) is 34.4 Å². The number of carbonyl (C=O) groups is 2. The summed E-state index contributed by atoms with van der Waals surface area (Å²) >= 11 is 0. The summed E-state index contributed by atoms with van der Waals surface area (Å²) in [6, 6.07) is 19.9. The number of carbonyl (C=O) groups excluding carboxylic acids is 2. The van der Waals surface area contributed by atoms with Crippen LogP contribution in [0.25, 0.3) is 11.1 Å². The van der Waals surface area contributed by atoms with Gasteiger partial charge in [0.2, 0.25) is 0 Å². The normalized spacial score (nSPS) is 10.7. The molecular formula is C29H28N4O4. The van der Waals surface area contributed by atoms with E-state index in [0.29, 0.717) is 22.7 Å². The number of aryl methyl sites for hydroxylation is 1. The maximum absolute atomic E-state index is 12.9. The monoisotopic (exact) mass is 496 g/mol. The van der Waals surface area contributed by atoms with Crippen molar-refractivity contribution in [1.29, 1.82) is 0 Å². The molecule has 0 saturated heterocycles. The highest BCUT2D eigenvalue weighted by molar-refractivity contribution is 6.03. The lowest BCUT2D eigenvalue weighted by atomic mass is 9.97. The molecule has 4 rings (SSSR count). The number of hydrogen-bond donors (Lipinski definition) is 3. The van der Waals surface area contributed by atoms with E-state index in [1.54, 1.807) is 12.1 Å². The van der Waals surface area contributed by atoms with E-state index in [1.165, 1.54) is 24.0 Å². The van der Waals surface area contributed by atoms with Gasteiger partial charge in [0, 0.05) is 23.6 Å². The van der Waals surface area contributed by atoms with Crippen LogP contribution in [0.5, 0.6) is 0 Å². The molecule has 0 aliphatic rings. The lowest BCUT2D eigenvalue weighted by molar-refractivity contribution is 0.102. The van der Waals surface area contributed by atoms with Gasteiger partial charge in [-0.15, -0.1) is 0 Å². The van der Waals surface area contributed by atoms with Gasteiger partial charge in [0.15, 0.2) is 0 Å². The Kier molecular flexibility index (Phi) is 7.78. The average Bonchev–Trinajstić information content (AvgIpc) is 2.89. The van der Waals surface area contributed by atoms with E-state index in [1.807, 2.05) is 55.5 Å². The molecule has 0 aliphatic heterocycles. The minimum atomic E-state index is -0.750. The van der Waals surface area contributed by atoms with Crippen LogP contribution >= 0.6 is 0 Å². The molecule has 37 heavy (non-hydrogen) atoms. The van der Waals surface area contributed by atoms with Crippen LogP contribution in [0, 0.1) is 6.92 Å². The van der Waals surface area contributed by atoms with Crippen LogP contribution in [0.1, 0.15) is 46.9 Å². The van der Waals surface area contributed by atoms with E-state index in [4.69, 9.17) is 4.74 Å². The third-order valence-corrected chi connectivity index (χ3v) is 5.83. The molecule has 188 valence electrons. The van der Waals surface area contributed by atoms with E-state index < -0.39 is 11.7 Å². The Balaban J connectivity index is 1.47. The highest BCUT2D eigenvalue weighted by atomic mass is 16.5. The summed E-state index contributed by atoms with van der Waals surface area (Å²) in [7, 11) is 0. The smallest absolute Gasteiger partial charge is 0.412 e. The van der Waals surface area contributed by atoms with Crippen molar-refractivity contribution < 1.29 is 14.3 Å². The summed E-state index contributed by atoms with van der Waals surface area (Å²) in [6.45, 7) is 6.35. The van der Waals surface area contributed by atoms with E-state index >= 15 is 0 Å². The van der Waals surface area contributed by atoms with Gasteiger partial charge in [-0.25, -0.2) is 4.79 Å². The molecule has 2 aromatic heterocycles. The van der Waals surface area contributed by atoms with Crippen molar-refractivity contribution in [2.45, 2.75) is 33.3 Å². The zero-order valence-electron chi connectivity index (χ0n) is 20.9. The summed E-state index contributed by atoms with van der Waals surface area (Å²) < 4.78 is 5.20. The largest absolute Gasteiger partial charge is 0.444 e. The Bertz CT molecular complexity index is 1480. The van der Waals surface area contributed by atoms with Gasteiger partial charge in [-0.1, -0.05) is 50.2 Å². The van der Waals surface area contributed by atoms with Crippen LogP contribution in [0.2, 0.25) is 0 Å². The number of H-pyrrole nitrogens is 1. The number of aromatic nitrogens is 2. The van der Waals surface area contributed by atoms with Crippen molar-refractivity contribution >= 4 is 23.4 Å². The summed E-state index contributed by atoms with van der Waals surface area (Å²) in [5, 5.41) is 5.36. The molecule has 2 heterocycles. The number of aromatic amines is 1. The molecule has 0 fully saturated rings. The maximum atomic E-state index is 12.9. The number of nitrogens with one attached hydrogen (secondary N) is 3. The molecule has 0 aliphatic carbocycles. The van der Waals surface area contributed by atoms with E-state index in [-0.39, 0.29) is 23.9 Å². The van der Waals surface area contributed by atoms with Gasteiger partial charge in [0.05, 0.1) is 0 Å². The Morgan fingerprint density at radius 2 is 1.76 bits per heavy atom. The number of anilines is 2. The molecule has 8 nitrogen and oxygen atoms in total. The standard InChI is InChI=1S/C29H28N4O4/c1-18(2)24-10-9-23(13-19(24)3)32-28(35)25-14-21(11-12-30-25)22-15-26(27(34)31-16-22)33-29(36)37-17-20-7-5-4-6-8-20/h4-16,18H,17H2,1-3H3,(H,31,34)(H,32,35)(H,33,36). The van der Waals surface area contributed by atoms with Gasteiger partial charge >= 0.3 is 6.09 Å². The Morgan fingerprint density at radius 3 is 2.49 bits per heavy atom. The number of benzene rings is 2. The van der Waals surface area contributed by atoms with Crippen molar-refractivity contribution in [3.63, 3.8) is 0 Å². The zero-order chi connectivity index (χ0) is 26.4. The van der Waals surface area contributed by atoms with Crippen LogP contribution in [-0.2, 0) is 11.3 Å². The molecule has 0 atom stereocenters. The minimum absolute atomic E-state index is 0.0269. The Morgan fingerprint density at radius 1 is 0.973 bits per heavy atom. The minimum Gasteiger partial charge on any atom is -0.444 e. The lowest BCUT2D eigenvalue weighted by Crippen LogP contribution is -2.20. The van der Waals surface area contributed by atoms with Crippen molar-refractivity contribution in [3.05, 3.63) is 112 Å². The number of rotatable bonds is 7. The highest BCUT2D eigenvalue weighted by Gasteiger charge is 2.13. The fourth-order valence-corrected chi connectivity index (χ4v) is 3.94. The average molecular weight is 497 g/mol. The number of nitrogens with zero attached hydrogens (tertiary/aromatic N) is 1.